The van der Waals surface area contributed by atoms with Crippen molar-refractivity contribution in [3.05, 3.63) is 29.0 Å². The normalized spacial score (nSPS) is 29.8. The highest BCUT2D eigenvalue weighted by Crippen LogP contribution is 2.42. The number of nitrogens with zero attached hydrogens (tertiary/aromatic N) is 1. The maximum atomic E-state index is 13.2. The first kappa shape index (κ1) is 13.6. The molecule has 1 saturated carbocycles. The molecule has 3 atom stereocenters. The molecule has 3 nitrogen and oxygen atoms in total. The summed E-state index contributed by atoms with van der Waals surface area (Å²) in [6.45, 7) is 2.10. The smallest absolute Gasteiger partial charge is 0.237 e. The number of fused-ring (bicyclic) bond motifs is 1. The number of amides is 2. The maximum absolute atomic E-state index is 13.2. The third-order valence-electron chi connectivity index (χ3n) is 4.35. The van der Waals surface area contributed by atoms with E-state index in [1.807, 2.05) is 0 Å². The monoisotopic (exact) mass is 295 g/mol. The molecule has 1 heterocycles. The molecule has 0 spiro atoms. The number of hydrogen-bond donors (Lipinski definition) is 0. The Kier molecular flexibility index (Phi) is 3.28. The van der Waals surface area contributed by atoms with E-state index in [1.165, 1.54) is 23.1 Å². The van der Waals surface area contributed by atoms with Crippen LogP contribution in [0.3, 0.4) is 0 Å². The first-order chi connectivity index (χ1) is 9.49. The Bertz CT molecular complexity index is 589. The summed E-state index contributed by atoms with van der Waals surface area (Å²) in [5.41, 5.74) is 0.369. The van der Waals surface area contributed by atoms with Gasteiger partial charge in [-0.1, -0.05) is 18.5 Å². The van der Waals surface area contributed by atoms with Gasteiger partial charge in [0.25, 0.3) is 0 Å². The second kappa shape index (κ2) is 4.85. The Hall–Kier alpha value is -1.42. The van der Waals surface area contributed by atoms with Crippen molar-refractivity contribution in [3.63, 3.8) is 0 Å². The summed E-state index contributed by atoms with van der Waals surface area (Å²) in [5, 5.41) is -0.0775. The van der Waals surface area contributed by atoms with E-state index in [0.717, 1.165) is 19.3 Å². The van der Waals surface area contributed by atoms with Crippen LogP contribution < -0.4 is 4.90 Å². The number of imide groups is 1. The number of hydrogen-bond acceptors (Lipinski definition) is 2. The zero-order valence-corrected chi connectivity index (χ0v) is 11.9. The van der Waals surface area contributed by atoms with E-state index in [2.05, 4.69) is 6.92 Å². The Morgan fingerprint density at radius 3 is 2.60 bits per heavy atom. The van der Waals surface area contributed by atoms with Gasteiger partial charge in [0, 0.05) is 0 Å². The predicted octanol–water partition coefficient (Wildman–Crippen LogP) is 3.40. The molecule has 20 heavy (non-hydrogen) atoms. The van der Waals surface area contributed by atoms with Crippen LogP contribution >= 0.6 is 11.6 Å². The van der Waals surface area contributed by atoms with Crippen molar-refractivity contribution < 1.29 is 14.0 Å². The third-order valence-corrected chi connectivity index (χ3v) is 4.64. The molecule has 0 aromatic heterocycles. The van der Waals surface area contributed by atoms with E-state index in [0.29, 0.717) is 11.6 Å². The summed E-state index contributed by atoms with van der Waals surface area (Å²) in [6, 6.07) is 3.95. The van der Waals surface area contributed by atoms with Gasteiger partial charge in [-0.3, -0.25) is 14.5 Å². The van der Waals surface area contributed by atoms with E-state index < -0.39 is 5.82 Å². The van der Waals surface area contributed by atoms with Crippen molar-refractivity contribution in [2.75, 3.05) is 4.90 Å². The van der Waals surface area contributed by atoms with Crippen molar-refractivity contribution >= 4 is 29.1 Å². The second-order valence-corrected chi connectivity index (χ2v) is 6.15. The van der Waals surface area contributed by atoms with Gasteiger partial charge >= 0.3 is 0 Å². The molecule has 0 N–H and O–H groups in total. The van der Waals surface area contributed by atoms with Gasteiger partial charge in [-0.2, -0.15) is 0 Å². The first-order valence-corrected chi connectivity index (χ1v) is 7.19. The summed E-state index contributed by atoms with van der Waals surface area (Å²) in [6.07, 6.45) is 2.47. The molecule has 3 unspecified atom stereocenters. The molecule has 2 fully saturated rings. The lowest BCUT2D eigenvalue weighted by Crippen LogP contribution is -2.30. The lowest BCUT2D eigenvalue weighted by atomic mass is 9.76. The minimum Gasteiger partial charge on any atom is -0.274 e. The SMILES string of the molecule is CC1CCC2C(=O)N(c3ccc(F)c(Cl)c3)C(=O)C2C1. The molecule has 2 amide bonds. The molecule has 1 aromatic carbocycles. The lowest BCUT2D eigenvalue weighted by molar-refractivity contribution is -0.122. The fraction of sp³-hybridized carbons (Fsp3) is 0.467. The predicted molar refractivity (Wildman–Crippen MR) is 73.9 cm³/mol. The van der Waals surface area contributed by atoms with Crippen LogP contribution in [0.5, 0.6) is 0 Å². The van der Waals surface area contributed by atoms with Crippen molar-refractivity contribution in [2.45, 2.75) is 26.2 Å². The summed E-state index contributed by atoms with van der Waals surface area (Å²) >= 11 is 5.74. The van der Waals surface area contributed by atoms with Crippen LogP contribution in [0.2, 0.25) is 5.02 Å². The van der Waals surface area contributed by atoms with Crippen LogP contribution in [0, 0.1) is 23.6 Å². The number of halogens is 2. The Balaban J connectivity index is 1.96. The summed E-state index contributed by atoms with van der Waals surface area (Å²) in [7, 11) is 0. The molecular weight excluding hydrogens is 281 g/mol. The van der Waals surface area contributed by atoms with Crippen LogP contribution in [0.25, 0.3) is 0 Å². The van der Waals surface area contributed by atoms with Gasteiger partial charge in [-0.05, 0) is 43.4 Å². The van der Waals surface area contributed by atoms with Gasteiger partial charge in [0.2, 0.25) is 11.8 Å². The average Bonchev–Trinajstić information content (AvgIpc) is 2.65. The minimum absolute atomic E-state index is 0.0775. The fourth-order valence-electron chi connectivity index (χ4n) is 3.27. The summed E-state index contributed by atoms with van der Waals surface area (Å²) < 4.78 is 13.2. The highest BCUT2D eigenvalue weighted by Gasteiger charge is 2.49. The number of anilines is 1. The van der Waals surface area contributed by atoms with E-state index in [9.17, 15) is 14.0 Å². The average molecular weight is 296 g/mol. The molecule has 3 rings (SSSR count). The number of carbonyl (C=O) groups is 2. The fourth-order valence-corrected chi connectivity index (χ4v) is 3.44. The molecule has 0 radical (unpaired) electrons. The Labute approximate surface area is 121 Å². The second-order valence-electron chi connectivity index (χ2n) is 5.74. The quantitative estimate of drug-likeness (QED) is 0.745. The summed E-state index contributed by atoms with van der Waals surface area (Å²) in [5.74, 6) is -0.883. The molecular formula is C15H15ClFNO2. The third kappa shape index (κ3) is 2.03. The van der Waals surface area contributed by atoms with Crippen molar-refractivity contribution in [1.29, 1.82) is 0 Å². The zero-order chi connectivity index (χ0) is 14.4. The zero-order valence-electron chi connectivity index (χ0n) is 11.1. The number of carbonyl (C=O) groups excluding carboxylic acids is 2. The topological polar surface area (TPSA) is 37.4 Å². The molecule has 1 saturated heterocycles. The van der Waals surface area contributed by atoms with Gasteiger partial charge in [-0.15, -0.1) is 0 Å². The maximum Gasteiger partial charge on any atom is 0.237 e. The van der Waals surface area contributed by atoms with E-state index in [1.54, 1.807) is 0 Å². The highest BCUT2D eigenvalue weighted by atomic mass is 35.5. The first-order valence-electron chi connectivity index (χ1n) is 6.82. The van der Waals surface area contributed by atoms with Crippen LogP contribution in [0.1, 0.15) is 26.2 Å². The molecule has 1 aliphatic heterocycles. The van der Waals surface area contributed by atoms with E-state index >= 15 is 0 Å². The van der Waals surface area contributed by atoms with Crippen molar-refractivity contribution in [2.24, 2.45) is 17.8 Å². The van der Waals surface area contributed by atoms with Crippen LogP contribution in [-0.2, 0) is 9.59 Å². The van der Waals surface area contributed by atoms with Gasteiger partial charge in [0.15, 0.2) is 0 Å². The molecule has 1 aromatic rings. The van der Waals surface area contributed by atoms with E-state index in [-0.39, 0.29) is 28.7 Å². The van der Waals surface area contributed by atoms with Gasteiger partial charge in [0.1, 0.15) is 5.82 Å². The molecule has 5 heteroatoms. The van der Waals surface area contributed by atoms with E-state index in [4.69, 9.17) is 11.6 Å². The Morgan fingerprint density at radius 2 is 1.90 bits per heavy atom. The largest absolute Gasteiger partial charge is 0.274 e. The van der Waals surface area contributed by atoms with Crippen molar-refractivity contribution in [3.8, 4) is 0 Å². The Morgan fingerprint density at radius 1 is 1.20 bits per heavy atom. The number of benzene rings is 1. The van der Waals surface area contributed by atoms with Crippen molar-refractivity contribution in [1.82, 2.24) is 0 Å². The molecule has 1 aliphatic carbocycles. The van der Waals surface area contributed by atoms with Gasteiger partial charge < -0.3 is 0 Å². The minimum atomic E-state index is -0.555. The lowest BCUT2D eigenvalue weighted by Gasteiger charge is -2.25. The molecule has 106 valence electrons. The summed E-state index contributed by atoms with van der Waals surface area (Å²) in [4.78, 5) is 26.1. The highest BCUT2D eigenvalue weighted by molar-refractivity contribution is 6.31. The van der Waals surface area contributed by atoms with Gasteiger partial charge in [0.05, 0.1) is 22.5 Å². The molecule has 0 bridgehead atoms. The van der Waals surface area contributed by atoms with Crippen LogP contribution in [-0.4, -0.2) is 11.8 Å². The van der Waals surface area contributed by atoms with Crippen LogP contribution in [0.15, 0.2) is 18.2 Å². The van der Waals surface area contributed by atoms with Gasteiger partial charge in [-0.25, -0.2) is 4.39 Å². The standard InChI is InChI=1S/C15H15ClFNO2/c1-8-2-4-10-11(6-8)15(20)18(14(10)19)9-3-5-13(17)12(16)7-9/h3,5,7-8,10-11H,2,4,6H2,1H3. The van der Waals surface area contributed by atoms with Crippen LogP contribution in [0.4, 0.5) is 10.1 Å². The number of rotatable bonds is 1. The molecule has 2 aliphatic rings.